The number of hydrogen-bond acceptors (Lipinski definition) is 9. The molecule has 0 saturated heterocycles. The molecule has 0 spiro atoms. The van der Waals surface area contributed by atoms with Gasteiger partial charge >= 0.3 is 6.18 Å². The number of carbonyl (C=O) groups excluding carboxylic acids is 2. The molecule has 3 N–H and O–H groups in total. The van der Waals surface area contributed by atoms with E-state index in [1.807, 2.05) is 0 Å². The van der Waals surface area contributed by atoms with E-state index in [-0.39, 0.29) is 23.9 Å². The Hall–Kier alpha value is -3.95. The number of pyridine rings is 1. The zero-order chi connectivity index (χ0) is 25.5. The Balaban J connectivity index is 2.48. The van der Waals surface area contributed by atoms with Gasteiger partial charge in [0.15, 0.2) is 24.1 Å². The standard InChI is InChI=1S/C18H21F4N7O5/c1-4-29(9-31)13(7-30)27-28(2)14-11(19)5-10(16(25-14)34-8-18(20,21)22)15(32)24-12-6-23-26-17(12)33-3/h5-6,9,30H,4,7-8H2,1-3H3,(H,23,26)(H,24,32)/b27-13-. The molecule has 0 unspecified atom stereocenters. The minimum Gasteiger partial charge on any atom is -0.478 e. The number of aliphatic hydroxyl groups is 1. The number of anilines is 2. The number of hydrogen-bond donors (Lipinski definition) is 3. The normalized spacial score (nSPS) is 11.7. The van der Waals surface area contributed by atoms with Gasteiger partial charge in [-0.3, -0.25) is 19.6 Å². The number of halogens is 4. The lowest BCUT2D eigenvalue weighted by molar-refractivity contribution is -0.154. The number of nitrogens with one attached hydrogen (secondary N) is 2. The molecular formula is C18H21F4N7O5. The zero-order valence-electron chi connectivity index (χ0n) is 18.2. The van der Waals surface area contributed by atoms with Gasteiger partial charge in [-0.15, -0.1) is 5.10 Å². The third-order valence-corrected chi connectivity index (χ3v) is 4.10. The molecule has 0 saturated carbocycles. The third-order valence-electron chi connectivity index (χ3n) is 4.10. The average molecular weight is 491 g/mol. The van der Waals surface area contributed by atoms with Crippen LogP contribution < -0.4 is 19.8 Å². The summed E-state index contributed by atoms with van der Waals surface area (Å²) in [7, 11) is 2.43. The summed E-state index contributed by atoms with van der Waals surface area (Å²) < 4.78 is 62.6. The van der Waals surface area contributed by atoms with Gasteiger partial charge in [0.05, 0.1) is 7.11 Å². The number of alkyl halides is 3. The van der Waals surface area contributed by atoms with E-state index in [2.05, 4.69) is 30.3 Å². The molecule has 0 aliphatic rings. The maximum Gasteiger partial charge on any atom is 0.422 e. The number of ether oxygens (including phenoxy) is 2. The molecule has 16 heteroatoms. The Morgan fingerprint density at radius 2 is 2.09 bits per heavy atom. The van der Waals surface area contributed by atoms with Crippen molar-refractivity contribution in [1.29, 1.82) is 0 Å². The van der Waals surface area contributed by atoms with Crippen molar-refractivity contribution in [3.8, 4) is 11.8 Å². The first kappa shape index (κ1) is 26.3. The maximum absolute atomic E-state index is 14.8. The van der Waals surface area contributed by atoms with Gasteiger partial charge in [0.1, 0.15) is 17.9 Å². The summed E-state index contributed by atoms with van der Waals surface area (Å²) in [5, 5.41) is 22.5. The number of amidine groups is 1. The van der Waals surface area contributed by atoms with Crippen LogP contribution in [0, 0.1) is 5.82 Å². The number of likely N-dealkylation sites (N-methyl/N-ethyl adjacent to an activating group) is 1. The molecule has 2 amide bonds. The van der Waals surface area contributed by atoms with Gasteiger partial charge in [-0.2, -0.15) is 23.3 Å². The van der Waals surface area contributed by atoms with Crippen molar-refractivity contribution in [2.75, 3.05) is 44.2 Å². The second-order valence-electron chi connectivity index (χ2n) is 6.40. The summed E-state index contributed by atoms with van der Waals surface area (Å²) in [6.45, 7) is -0.805. The number of methoxy groups -OCH3 is 1. The number of aromatic amines is 1. The Labute approximate surface area is 190 Å². The van der Waals surface area contributed by atoms with Crippen molar-refractivity contribution >= 4 is 29.7 Å². The first-order valence-electron chi connectivity index (χ1n) is 9.47. The topological polar surface area (TPSA) is 145 Å². The lowest BCUT2D eigenvalue weighted by atomic mass is 10.2. The highest BCUT2D eigenvalue weighted by atomic mass is 19.4. The van der Waals surface area contributed by atoms with Gasteiger partial charge in [-0.25, -0.2) is 9.40 Å². The number of rotatable bonds is 10. The molecule has 0 fully saturated rings. The summed E-state index contributed by atoms with van der Waals surface area (Å²) in [5.41, 5.74) is -0.627. The predicted octanol–water partition coefficient (Wildman–Crippen LogP) is 1.37. The molecule has 186 valence electrons. The van der Waals surface area contributed by atoms with Crippen molar-refractivity contribution in [1.82, 2.24) is 20.1 Å². The number of aromatic nitrogens is 3. The lowest BCUT2D eigenvalue weighted by Crippen LogP contribution is -2.34. The lowest BCUT2D eigenvalue weighted by Gasteiger charge is -2.21. The summed E-state index contributed by atoms with van der Waals surface area (Å²) in [4.78, 5) is 28.4. The Morgan fingerprint density at radius 1 is 1.38 bits per heavy atom. The number of carbonyl (C=O) groups is 2. The molecule has 2 rings (SSSR count). The highest BCUT2D eigenvalue weighted by molar-refractivity contribution is 6.06. The quantitative estimate of drug-likeness (QED) is 0.149. The largest absolute Gasteiger partial charge is 0.478 e. The van der Waals surface area contributed by atoms with Crippen molar-refractivity contribution in [2.45, 2.75) is 13.1 Å². The van der Waals surface area contributed by atoms with Crippen LogP contribution in [0.3, 0.4) is 0 Å². The van der Waals surface area contributed by atoms with Gasteiger partial charge in [0.2, 0.25) is 12.3 Å². The molecule has 34 heavy (non-hydrogen) atoms. The SMILES string of the molecule is CCN(C=O)/C(CO)=N\N(C)c1nc(OCC(F)(F)F)c(C(=O)Nc2c[nH]nc2OC)cc1F. The Bertz CT molecular complexity index is 1040. The molecule has 12 nitrogen and oxygen atoms in total. The van der Waals surface area contributed by atoms with E-state index in [0.717, 1.165) is 9.91 Å². The number of hydrazone groups is 1. The third kappa shape index (κ3) is 6.53. The minimum atomic E-state index is -4.78. The highest BCUT2D eigenvalue weighted by Gasteiger charge is 2.31. The van der Waals surface area contributed by atoms with Gasteiger partial charge in [-0.05, 0) is 13.0 Å². The molecule has 2 aromatic rings. The molecule has 0 aliphatic heterocycles. The number of nitrogens with zero attached hydrogens (tertiary/aromatic N) is 5. The van der Waals surface area contributed by atoms with Crippen LogP contribution in [0.2, 0.25) is 0 Å². The summed E-state index contributed by atoms with van der Waals surface area (Å²) in [6.07, 6.45) is -3.17. The maximum atomic E-state index is 14.8. The second-order valence-corrected chi connectivity index (χ2v) is 6.40. The first-order valence-corrected chi connectivity index (χ1v) is 9.47. The van der Waals surface area contributed by atoms with Crippen LogP contribution in [-0.2, 0) is 4.79 Å². The number of H-pyrrole nitrogens is 1. The fourth-order valence-electron chi connectivity index (χ4n) is 2.54. The summed E-state index contributed by atoms with van der Waals surface area (Å²) in [5.74, 6) is -3.91. The monoisotopic (exact) mass is 491 g/mol. The van der Waals surface area contributed by atoms with E-state index in [4.69, 9.17) is 4.74 Å². The van der Waals surface area contributed by atoms with Crippen molar-refractivity contribution in [2.24, 2.45) is 5.10 Å². The molecule has 0 aliphatic carbocycles. The van der Waals surface area contributed by atoms with Crippen LogP contribution in [0.15, 0.2) is 17.4 Å². The van der Waals surface area contributed by atoms with E-state index in [1.54, 1.807) is 6.92 Å². The number of aliphatic hydroxyl groups excluding tert-OH is 1. The zero-order valence-corrected chi connectivity index (χ0v) is 18.2. The summed E-state index contributed by atoms with van der Waals surface area (Å²) in [6, 6.07) is 0.609. The fourth-order valence-corrected chi connectivity index (χ4v) is 2.54. The minimum absolute atomic E-state index is 0.0292. The first-order chi connectivity index (χ1) is 16.0. The molecule has 0 aromatic carbocycles. The Kier molecular flexibility index (Phi) is 8.71. The van der Waals surface area contributed by atoms with Gasteiger partial charge < -0.3 is 19.9 Å². The van der Waals surface area contributed by atoms with Crippen LogP contribution in [0.1, 0.15) is 17.3 Å². The van der Waals surface area contributed by atoms with Crippen LogP contribution in [-0.4, -0.2) is 83.4 Å². The second kappa shape index (κ2) is 11.3. The van der Waals surface area contributed by atoms with Crippen molar-refractivity contribution in [3.05, 3.63) is 23.6 Å². The van der Waals surface area contributed by atoms with Crippen LogP contribution in [0.25, 0.3) is 0 Å². The average Bonchev–Trinajstić information content (AvgIpc) is 3.24. The van der Waals surface area contributed by atoms with E-state index in [1.165, 1.54) is 20.4 Å². The number of amides is 2. The molecule has 0 bridgehead atoms. The van der Waals surface area contributed by atoms with Crippen LogP contribution >= 0.6 is 0 Å². The highest BCUT2D eigenvalue weighted by Crippen LogP contribution is 2.28. The van der Waals surface area contributed by atoms with Gasteiger partial charge in [0, 0.05) is 19.8 Å². The fraction of sp³-hybridized carbons (Fsp3) is 0.389. The van der Waals surface area contributed by atoms with Crippen molar-refractivity contribution in [3.63, 3.8) is 0 Å². The van der Waals surface area contributed by atoms with Crippen LogP contribution in [0.4, 0.5) is 29.1 Å². The van der Waals surface area contributed by atoms with Crippen LogP contribution in [0.5, 0.6) is 11.8 Å². The van der Waals surface area contributed by atoms with Gasteiger partial charge in [0.25, 0.3) is 11.8 Å². The molecule has 2 heterocycles. The molecule has 0 atom stereocenters. The van der Waals surface area contributed by atoms with Gasteiger partial charge in [-0.1, -0.05) is 0 Å². The van der Waals surface area contributed by atoms with E-state index >= 15 is 0 Å². The molecule has 2 aromatic heterocycles. The Morgan fingerprint density at radius 3 is 2.65 bits per heavy atom. The smallest absolute Gasteiger partial charge is 0.422 e. The van der Waals surface area contributed by atoms with Crippen molar-refractivity contribution < 1.29 is 41.7 Å². The van der Waals surface area contributed by atoms with E-state index in [9.17, 15) is 32.3 Å². The predicted molar refractivity (Wildman–Crippen MR) is 110 cm³/mol. The molecular weight excluding hydrogens is 470 g/mol. The molecule has 0 radical (unpaired) electrons. The summed E-state index contributed by atoms with van der Waals surface area (Å²) >= 11 is 0. The van der Waals surface area contributed by atoms with E-state index in [0.29, 0.717) is 12.5 Å². The van der Waals surface area contributed by atoms with E-state index < -0.39 is 48.4 Å².